The minimum Gasteiger partial charge on any atom is -0.480 e. The van der Waals surface area contributed by atoms with Crippen LogP contribution < -0.4 is 11.1 Å². The predicted molar refractivity (Wildman–Crippen MR) is 107 cm³/mol. The smallest absolute Gasteiger partial charge is 0.327 e. The van der Waals surface area contributed by atoms with Crippen LogP contribution in [0.5, 0.6) is 0 Å². The molecule has 2 amide bonds. The van der Waals surface area contributed by atoms with Crippen molar-refractivity contribution in [1.29, 1.82) is 0 Å². The van der Waals surface area contributed by atoms with E-state index in [0.29, 0.717) is 22.2 Å². The Bertz CT molecular complexity index is 975. The number of thioether (sulfide) groups is 1. The number of aliphatic carboxylic acids is 1. The minimum absolute atomic E-state index is 0.295. The van der Waals surface area contributed by atoms with Crippen LogP contribution in [-0.2, 0) is 14.4 Å². The summed E-state index contributed by atoms with van der Waals surface area (Å²) < 4.78 is 0. The highest BCUT2D eigenvalue weighted by atomic mass is 32.2. The van der Waals surface area contributed by atoms with Crippen LogP contribution >= 0.6 is 23.1 Å². The van der Waals surface area contributed by atoms with Crippen LogP contribution in [0.1, 0.15) is 11.3 Å². The Hall–Kier alpha value is -2.85. The highest BCUT2D eigenvalue weighted by molar-refractivity contribution is 8.00. The van der Waals surface area contributed by atoms with Crippen LogP contribution in [0.15, 0.2) is 35.7 Å². The van der Waals surface area contributed by atoms with Gasteiger partial charge in [0.05, 0.1) is 11.3 Å². The first-order chi connectivity index (χ1) is 13.5. The molecule has 1 aromatic carbocycles. The van der Waals surface area contributed by atoms with Crippen molar-refractivity contribution in [3.63, 3.8) is 0 Å². The number of amides is 2. The molecule has 8 nitrogen and oxygen atoms in total. The maximum Gasteiger partial charge on any atom is 0.327 e. The van der Waals surface area contributed by atoms with Crippen LogP contribution in [-0.4, -0.2) is 56.0 Å². The minimum atomic E-state index is -1.03. The number of anilines is 1. The topological polar surface area (TPSA) is 126 Å². The van der Waals surface area contributed by atoms with E-state index < -0.39 is 24.0 Å². The summed E-state index contributed by atoms with van der Waals surface area (Å²) in [4.78, 5) is 42.1. The first-order valence-corrected chi connectivity index (χ1v) is 10.3. The van der Waals surface area contributed by atoms with Crippen LogP contribution in [0.4, 0.5) is 5.13 Å². The van der Waals surface area contributed by atoms with Gasteiger partial charge in [0.2, 0.25) is 5.91 Å². The number of thiazole rings is 1. The number of carboxylic acids is 1. The molecule has 144 valence electrons. The summed E-state index contributed by atoms with van der Waals surface area (Å²) in [6.07, 6.45) is 1.69. The molecule has 10 heteroatoms. The quantitative estimate of drug-likeness (QED) is 0.492. The third-order valence-corrected chi connectivity index (χ3v) is 6.59. The van der Waals surface area contributed by atoms with Crippen molar-refractivity contribution in [2.24, 2.45) is 0 Å². The number of carbonyl (C=O) groups is 3. The summed E-state index contributed by atoms with van der Waals surface area (Å²) in [6, 6.07) is 7.68. The van der Waals surface area contributed by atoms with Crippen LogP contribution in [0.2, 0.25) is 0 Å². The molecule has 2 aliphatic heterocycles. The number of nitrogens with one attached hydrogen (secondary N) is 1. The average molecular weight is 416 g/mol. The van der Waals surface area contributed by atoms with Crippen molar-refractivity contribution in [3.8, 4) is 0 Å². The number of fused-ring (bicyclic) bond motifs is 1. The summed E-state index contributed by atoms with van der Waals surface area (Å²) in [5, 5.41) is 13.6. The number of carbonyl (C=O) groups excluding carboxylic acids is 2. The van der Waals surface area contributed by atoms with Gasteiger partial charge < -0.3 is 21.1 Å². The van der Waals surface area contributed by atoms with Crippen molar-refractivity contribution in [2.75, 3.05) is 11.5 Å². The van der Waals surface area contributed by atoms with Gasteiger partial charge in [-0.15, -0.1) is 23.1 Å². The average Bonchev–Trinajstić information content (AvgIpc) is 3.29. The molecule has 3 heterocycles. The van der Waals surface area contributed by atoms with E-state index in [1.807, 2.05) is 30.3 Å². The van der Waals surface area contributed by atoms with Crippen molar-refractivity contribution in [3.05, 3.63) is 47.0 Å². The summed E-state index contributed by atoms with van der Waals surface area (Å²) >= 11 is 2.57. The molecule has 0 bridgehead atoms. The predicted octanol–water partition coefficient (Wildman–Crippen LogP) is 1.12. The molecule has 28 heavy (non-hydrogen) atoms. The molecule has 2 fully saturated rings. The van der Waals surface area contributed by atoms with E-state index in [0.717, 1.165) is 5.56 Å². The molecular formula is C18H16N4O4S2. The van der Waals surface area contributed by atoms with E-state index in [1.165, 1.54) is 28.0 Å². The number of hydrogen-bond acceptors (Lipinski definition) is 7. The Morgan fingerprint density at radius 2 is 2.07 bits per heavy atom. The van der Waals surface area contributed by atoms with Crippen LogP contribution in [0.25, 0.3) is 11.6 Å². The molecular weight excluding hydrogens is 400 g/mol. The van der Waals surface area contributed by atoms with Gasteiger partial charge in [0.15, 0.2) is 5.13 Å². The van der Waals surface area contributed by atoms with Gasteiger partial charge in [0.1, 0.15) is 17.5 Å². The van der Waals surface area contributed by atoms with Gasteiger partial charge in [-0.25, -0.2) is 9.78 Å². The summed E-state index contributed by atoms with van der Waals surface area (Å²) in [6.45, 7) is 0. The van der Waals surface area contributed by atoms with Gasteiger partial charge in [0.25, 0.3) is 5.91 Å². The number of rotatable bonds is 5. The molecule has 1 aromatic heterocycles. The Balaban J connectivity index is 1.57. The van der Waals surface area contributed by atoms with Crippen LogP contribution in [0.3, 0.4) is 0 Å². The molecule has 0 saturated carbocycles. The maximum atomic E-state index is 13.0. The highest BCUT2D eigenvalue weighted by Gasteiger charge is 2.57. The molecule has 2 saturated heterocycles. The number of nitrogens with zero attached hydrogens (tertiary/aromatic N) is 2. The fraction of sp³-hybridized carbons (Fsp3) is 0.222. The lowest BCUT2D eigenvalue weighted by Crippen LogP contribution is -2.70. The summed E-state index contributed by atoms with van der Waals surface area (Å²) in [5.74, 6) is -1.55. The second kappa shape index (κ2) is 7.28. The van der Waals surface area contributed by atoms with Crippen LogP contribution in [0, 0.1) is 0 Å². The number of hydrogen-bond donors (Lipinski definition) is 3. The third-order valence-electron chi connectivity index (χ3n) is 4.57. The normalized spacial score (nSPS) is 23.9. The van der Waals surface area contributed by atoms with Crippen molar-refractivity contribution < 1.29 is 19.5 Å². The molecule has 2 aliphatic rings. The van der Waals surface area contributed by atoms with Gasteiger partial charge in [-0.05, 0) is 11.6 Å². The molecule has 2 unspecified atom stereocenters. The Morgan fingerprint density at radius 1 is 1.32 bits per heavy atom. The zero-order valence-corrected chi connectivity index (χ0v) is 16.1. The lowest BCUT2D eigenvalue weighted by Gasteiger charge is -2.43. The van der Waals surface area contributed by atoms with Gasteiger partial charge in [-0.2, -0.15) is 0 Å². The highest BCUT2D eigenvalue weighted by Crippen LogP contribution is 2.40. The third kappa shape index (κ3) is 3.25. The fourth-order valence-corrected chi connectivity index (χ4v) is 5.22. The lowest BCUT2D eigenvalue weighted by molar-refractivity contribution is -0.158. The summed E-state index contributed by atoms with van der Waals surface area (Å²) in [7, 11) is 0. The van der Waals surface area contributed by atoms with E-state index in [-0.39, 0.29) is 11.3 Å². The van der Waals surface area contributed by atoms with Gasteiger partial charge in [-0.1, -0.05) is 30.3 Å². The number of nitrogens with two attached hydrogens (primary N) is 1. The molecule has 2 aromatic rings. The molecule has 0 aliphatic carbocycles. The molecule has 0 spiro atoms. The van der Waals surface area contributed by atoms with Gasteiger partial charge >= 0.3 is 5.97 Å². The lowest BCUT2D eigenvalue weighted by atomic mass is 10.0. The SMILES string of the molecule is Nc1nc(/C(=C\c2ccccc2)C(=O)NC2C(=O)N3C(C(=O)O)CS[C@@H]23)cs1. The Labute approximate surface area is 168 Å². The molecule has 4 N–H and O–H groups in total. The zero-order chi connectivity index (χ0) is 19.8. The van der Waals surface area contributed by atoms with Crippen molar-refractivity contribution in [1.82, 2.24) is 15.2 Å². The van der Waals surface area contributed by atoms with Crippen molar-refractivity contribution in [2.45, 2.75) is 17.5 Å². The first-order valence-electron chi connectivity index (χ1n) is 8.41. The zero-order valence-electron chi connectivity index (χ0n) is 14.4. The van der Waals surface area contributed by atoms with E-state index in [1.54, 1.807) is 11.5 Å². The van der Waals surface area contributed by atoms with E-state index in [2.05, 4.69) is 10.3 Å². The monoisotopic (exact) mass is 416 g/mol. The fourth-order valence-electron chi connectivity index (χ4n) is 3.19. The number of carboxylic acid groups (broad SMARTS) is 1. The number of β-lactam (4-membered cyclic amide) rings is 1. The van der Waals surface area contributed by atoms with E-state index >= 15 is 0 Å². The van der Waals surface area contributed by atoms with Gasteiger partial charge in [0, 0.05) is 11.1 Å². The maximum absolute atomic E-state index is 13.0. The second-order valence-corrected chi connectivity index (χ2v) is 8.35. The van der Waals surface area contributed by atoms with Gasteiger partial charge in [-0.3, -0.25) is 9.59 Å². The summed E-state index contributed by atoms with van der Waals surface area (Å²) in [5.41, 5.74) is 7.24. The van der Waals surface area contributed by atoms with Crippen molar-refractivity contribution >= 4 is 57.7 Å². The number of nitrogen functional groups attached to an aromatic ring is 1. The molecule has 4 rings (SSSR count). The standard InChI is InChI=1S/C18H16N4O4S2/c19-18-20-11(7-28-18)10(6-9-4-2-1-3-5-9)14(23)21-13-15(24)22-12(17(25)26)8-27-16(13)22/h1-7,12-13,16H,8H2,(H2,19,20)(H,21,23)(H,25,26)/b10-6+/t12?,13?,16-/m0/s1. The first kappa shape index (κ1) is 18.5. The molecule has 3 atom stereocenters. The van der Waals surface area contributed by atoms with E-state index in [4.69, 9.17) is 5.73 Å². The Kier molecular flexibility index (Phi) is 4.82. The largest absolute Gasteiger partial charge is 0.480 e. The number of benzene rings is 1. The second-order valence-electron chi connectivity index (χ2n) is 6.31. The molecule has 0 radical (unpaired) electrons. The number of aromatic nitrogens is 1. The Morgan fingerprint density at radius 3 is 2.71 bits per heavy atom. The van der Waals surface area contributed by atoms with E-state index in [9.17, 15) is 19.5 Å².